The van der Waals surface area contributed by atoms with Crippen LogP contribution in [-0.2, 0) is 4.79 Å². The van der Waals surface area contributed by atoms with Gasteiger partial charge < -0.3 is 5.11 Å². The van der Waals surface area contributed by atoms with E-state index < -0.39 is 5.97 Å². The zero-order chi connectivity index (χ0) is 16.9. The van der Waals surface area contributed by atoms with Gasteiger partial charge in [0, 0.05) is 11.8 Å². The van der Waals surface area contributed by atoms with Crippen LogP contribution in [0.1, 0.15) is 65.2 Å². The molecule has 0 aromatic carbocycles. The molecule has 2 heteroatoms. The van der Waals surface area contributed by atoms with Crippen LogP contribution in [0.4, 0.5) is 0 Å². The molecule has 2 saturated carbocycles. The summed E-state index contributed by atoms with van der Waals surface area (Å²) in [6.45, 7) is 4.88. The summed E-state index contributed by atoms with van der Waals surface area (Å²) in [6, 6.07) is 0. The molecule has 0 unspecified atom stereocenters. The first-order valence-corrected chi connectivity index (χ1v) is 9.74. The van der Waals surface area contributed by atoms with Crippen LogP contribution in [0.3, 0.4) is 0 Å². The topological polar surface area (TPSA) is 37.3 Å². The molecule has 0 bridgehead atoms. The molecule has 24 heavy (non-hydrogen) atoms. The smallest absolute Gasteiger partial charge is 0.303 e. The maximum Gasteiger partial charge on any atom is 0.303 e. The molecule has 1 N–H and O–H groups in total. The van der Waals surface area contributed by atoms with Gasteiger partial charge in [0.15, 0.2) is 0 Å². The van der Waals surface area contributed by atoms with Crippen molar-refractivity contribution < 1.29 is 9.90 Å². The van der Waals surface area contributed by atoms with Gasteiger partial charge in [0.05, 0.1) is 0 Å². The fraction of sp³-hybridized carbons (Fsp3) is 0.682. The van der Waals surface area contributed by atoms with Crippen molar-refractivity contribution in [2.45, 2.75) is 65.2 Å². The minimum absolute atomic E-state index is 0.168. The van der Waals surface area contributed by atoms with Crippen molar-refractivity contribution >= 4 is 5.97 Å². The van der Waals surface area contributed by atoms with Crippen LogP contribution in [0.15, 0.2) is 35.5 Å². The van der Waals surface area contributed by atoms with Crippen molar-refractivity contribution in [3.63, 3.8) is 0 Å². The second-order valence-corrected chi connectivity index (χ2v) is 8.90. The third-order valence-electron chi connectivity index (χ3n) is 7.90. The van der Waals surface area contributed by atoms with Crippen molar-refractivity contribution in [3.05, 3.63) is 35.5 Å². The Labute approximate surface area is 145 Å². The van der Waals surface area contributed by atoms with Gasteiger partial charge in [-0.05, 0) is 75.0 Å². The summed E-state index contributed by atoms with van der Waals surface area (Å²) in [4.78, 5) is 11.0. The van der Waals surface area contributed by atoms with Crippen LogP contribution in [0.25, 0.3) is 0 Å². The number of carbonyl (C=O) groups is 1. The van der Waals surface area contributed by atoms with Crippen LogP contribution in [0.5, 0.6) is 0 Å². The Bertz CT molecular complexity index is 640. The summed E-state index contributed by atoms with van der Waals surface area (Å²) >= 11 is 0. The highest BCUT2D eigenvalue weighted by atomic mass is 16.4. The van der Waals surface area contributed by atoms with Crippen molar-refractivity contribution in [2.24, 2.45) is 28.6 Å². The van der Waals surface area contributed by atoms with Gasteiger partial charge in [-0.25, -0.2) is 0 Å². The molecule has 0 heterocycles. The van der Waals surface area contributed by atoms with Crippen LogP contribution in [0.2, 0.25) is 0 Å². The van der Waals surface area contributed by atoms with Crippen LogP contribution in [-0.4, -0.2) is 11.1 Å². The molecule has 0 amide bonds. The van der Waals surface area contributed by atoms with Crippen molar-refractivity contribution in [1.82, 2.24) is 0 Å². The van der Waals surface area contributed by atoms with Gasteiger partial charge in [-0.1, -0.05) is 42.4 Å². The Kier molecular flexibility index (Phi) is 3.78. The number of allylic oxidation sites excluding steroid dienone is 6. The average Bonchev–Trinajstić information content (AvgIpc) is 2.89. The van der Waals surface area contributed by atoms with Crippen LogP contribution < -0.4 is 0 Å². The van der Waals surface area contributed by atoms with E-state index in [9.17, 15) is 4.79 Å². The van der Waals surface area contributed by atoms with Gasteiger partial charge in [0.2, 0.25) is 0 Å². The number of hydrogen-bond acceptors (Lipinski definition) is 1. The minimum atomic E-state index is -0.638. The van der Waals surface area contributed by atoms with E-state index in [1.807, 2.05) is 0 Å². The molecule has 4 rings (SSSR count). The van der Waals surface area contributed by atoms with E-state index >= 15 is 0 Å². The maximum absolute atomic E-state index is 11.0. The second kappa shape index (κ2) is 5.61. The largest absolute Gasteiger partial charge is 0.481 e. The van der Waals surface area contributed by atoms with E-state index in [-0.39, 0.29) is 5.41 Å². The third-order valence-corrected chi connectivity index (χ3v) is 7.90. The lowest BCUT2D eigenvalue weighted by molar-refractivity contribution is -0.137. The monoisotopic (exact) mass is 326 g/mol. The summed E-state index contributed by atoms with van der Waals surface area (Å²) in [5.74, 6) is 1.41. The molecule has 130 valence electrons. The molecule has 5 atom stereocenters. The summed E-state index contributed by atoms with van der Waals surface area (Å²) in [5, 5.41) is 9.08. The van der Waals surface area contributed by atoms with Crippen molar-refractivity contribution in [3.8, 4) is 0 Å². The molecule has 0 aliphatic heterocycles. The Morgan fingerprint density at radius 2 is 2.08 bits per heavy atom. The lowest BCUT2D eigenvalue weighted by atomic mass is 9.52. The first-order valence-electron chi connectivity index (χ1n) is 9.74. The standard InChI is InChI=1S/C22H30O2/c1-21-13-4-3-5-15(21)6-9-17-18-10-7-16(8-11-20(23)24)22(18,2)14-12-19(17)21/h4-5,12-13,16-18H,3,6-11,14H2,1-2H3,(H,23,24)/t16-,17+,18+,21+,22-/m1/s1. The Balaban J connectivity index is 1.64. The van der Waals surface area contributed by atoms with Gasteiger partial charge >= 0.3 is 5.97 Å². The molecular formula is C22H30O2. The molecule has 0 aromatic heterocycles. The molecular weight excluding hydrogens is 296 g/mol. The molecule has 2 nitrogen and oxygen atoms in total. The van der Waals surface area contributed by atoms with E-state index in [1.54, 1.807) is 11.1 Å². The van der Waals surface area contributed by atoms with Gasteiger partial charge in [-0.3, -0.25) is 4.79 Å². The zero-order valence-electron chi connectivity index (χ0n) is 15.1. The lowest BCUT2D eigenvalue weighted by Gasteiger charge is -2.52. The number of carboxylic acids is 1. The van der Waals surface area contributed by atoms with E-state index in [4.69, 9.17) is 5.11 Å². The maximum atomic E-state index is 11.0. The fourth-order valence-electron chi connectivity index (χ4n) is 6.53. The number of carboxylic acid groups (broad SMARTS) is 1. The van der Waals surface area contributed by atoms with Crippen molar-refractivity contribution in [1.29, 1.82) is 0 Å². The highest BCUT2D eigenvalue weighted by Gasteiger charge is 2.54. The molecule has 0 radical (unpaired) electrons. The number of fused-ring (bicyclic) bond motifs is 5. The van der Waals surface area contributed by atoms with E-state index in [1.165, 1.54) is 25.7 Å². The molecule has 4 aliphatic rings. The van der Waals surface area contributed by atoms with Gasteiger partial charge in [0.1, 0.15) is 0 Å². The van der Waals surface area contributed by atoms with E-state index in [2.05, 4.69) is 38.2 Å². The minimum Gasteiger partial charge on any atom is -0.481 e. The number of hydrogen-bond donors (Lipinski definition) is 1. The summed E-state index contributed by atoms with van der Waals surface area (Å²) in [5.41, 5.74) is 3.80. The molecule has 2 fully saturated rings. The fourth-order valence-corrected chi connectivity index (χ4v) is 6.53. The first-order chi connectivity index (χ1) is 11.4. The van der Waals surface area contributed by atoms with Gasteiger partial charge in [-0.15, -0.1) is 0 Å². The van der Waals surface area contributed by atoms with Gasteiger partial charge in [-0.2, -0.15) is 0 Å². The normalized spacial score (nSPS) is 43.3. The number of aliphatic carboxylic acids is 1. The predicted molar refractivity (Wildman–Crippen MR) is 96.6 cm³/mol. The van der Waals surface area contributed by atoms with E-state index in [0.717, 1.165) is 25.2 Å². The number of rotatable bonds is 3. The molecule has 0 saturated heterocycles. The third kappa shape index (κ3) is 2.25. The highest BCUT2D eigenvalue weighted by Crippen LogP contribution is 2.64. The van der Waals surface area contributed by atoms with E-state index in [0.29, 0.717) is 23.7 Å². The zero-order valence-corrected chi connectivity index (χ0v) is 15.1. The van der Waals surface area contributed by atoms with Crippen LogP contribution >= 0.6 is 0 Å². The quantitative estimate of drug-likeness (QED) is 0.694. The summed E-state index contributed by atoms with van der Waals surface area (Å²) in [6.07, 6.45) is 18.3. The highest BCUT2D eigenvalue weighted by molar-refractivity contribution is 5.66. The summed E-state index contributed by atoms with van der Waals surface area (Å²) < 4.78 is 0. The Morgan fingerprint density at radius 3 is 2.88 bits per heavy atom. The van der Waals surface area contributed by atoms with Crippen molar-refractivity contribution in [2.75, 3.05) is 0 Å². The molecule has 0 spiro atoms. The SMILES string of the molecule is C[C@]12C=CCC=C1CC[C@@H]1C2=CC[C@]2(C)[C@@H](CCC(=O)O)CC[C@@H]12. The summed E-state index contributed by atoms with van der Waals surface area (Å²) in [7, 11) is 0. The second-order valence-electron chi connectivity index (χ2n) is 8.90. The Morgan fingerprint density at radius 1 is 1.25 bits per heavy atom. The van der Waals surface area contributed by atoms with Crippen LogP contribution in [0, 0.1) is 28.6 Å². The lowest BCUT2D eigenvalue weighted by Crippen LogP contribution is -2.43. The predicted octanol–water partition coefficient (Wildman–Crippen LogP) is 5.52. The average molecular weight is 326 g/mol. The molecule has 0 aromatic rings. The first kappa shape index (κ1) is 16.2. The molecule has 4 aliphatic carbocycles. The van der Waals surface area contributed by atoms with Gasteiger partial charge in [0.25, 0.3) is 0 Å². The Hall–Kier alpha value is -1.31.